The predicted octanol–water partition coefficient (Wildman–Crippen LogP) is 0.359. The molecule has 0 aliphatic rings. The number of hydrogen-bond acceptors (Lipinski definition) is 3. The second kappa shape index (κ2) is 4.35. The Morgan fingerprint density at radius 2 is 2.58 bits per heavy atom. The van der Waals surface area contributed by atoms with Gasteiger partial charge in [-0.2, -0.15) is 0 Å². The summed E-state index contributed by atoms with van der Waals surface area (Å²) >= 11 is 0. The average molecular weight is 167 g/mol. The molecule has 0 bridgehead atoms. The molecule has 1 rings (SSSR count). The lowest BCUT2D eigenvalue weighted by Gasteiger charge is -1.92. The normalized spacial score (nSPS) is 10.4. The fourth-order valence-electron chi connectivity index (χ4n) is 0.681. The second-order valence-corrected chi connectivity index (χ2v) is 2.05. The summed E-state index contributed by atoms with van der Waals surface area (Å²) in [5, 5.41) is 10.5. The van der Waals surface area contributed by atoms with Crippen LogP contribution in [0.5, 0.6) is 0 Å². The van der Waals surface area contributed by atoms with Crippen molar-refractivity contribution in [2.75, 3.05) is 6.73 Å². The number of aliphatic hydroxyl groups excluding tert-OH is 1. The van der Waals surface area contributed by atoms with Crippen LogP contribution in [0.15, 0.2) is 28.9 Å². The van der Waals surface area contributed by atoms with E-state index < -0.39 is 0 Å². The first-order valence-corrected chi connectivity index (χ1v) is 3.43. The van der Waals surface area contributed by atoms with Crippen molar-refractivity contribution < 1.29 is 14.3 Å². The van der Waals surface area contributed by atoms with E-state index in [1.54, 1.807) is 12.1 Å². The first-order valence-electron chi connectivity index (χ1n) is 3.43. The van der Waals surface area contributed by atoms with E-state index in [4.69, 9.17) is 9.52 Å². The minimum absolute atomic E-state index is 0.353. The van der Waals surface area contributed by atoms with E-state index >= 15 is 0 Å². The van der Waals surface area contributed by atoms with E-state index in [-0.39, 0.29) is 12.6 Å². The van der Waals surface area contributed by atoms with Gasteiger partial charge in [0.05, 0.1) is 6.26 Å². The molecule has 1 amide bonds. The van der Waals surface area contributed by atoms with Crippen molar-refractivity contribution in [3.63, 3.8) is 0 Å². The van der Waals surface area contributed by atoms with Crippen LogP contribution in [0.4, 0.5) is 0 Å². The SMILES string of the molecule is O=C(/C=C/c1ccco1)NCO. The maximum Gasteiger partial charge on any atom is 0.245 e. The van der Waals surface area contributed by atoms with Crippen LogP contribution in [0.3, 0.4) is 0 Å². The highest BCUT2D eigenvalue weighted by atomic mass is 16.3. The van der Waals surface area contributed by atoms with Crippen molar-refractivity contribution in [2.24, 2.45) is 0 Å². The van der Waals surface area contributed by atoms with Crippen molar-refractivity contribution in [3.8, 4) is 0 Å². The maximum absolute atomic E-state index is 10.7. The maximum atomic E-state index is 10.7. The highest BCUT2D eigenvalue weighted by Gasteiger charge is 1.92. The summed E-state index contributed by atoms with van der Waals surface area (Å²) in [6.07, 6.45) is 4.32. The van der Waals surface area contributed by atoms with E-state index in [1.807, 2.05) is 0 Å². The number of furan rings is 1. The van der Waals surface area contributed by atoms with Gasteiger partial charge in [-0.3, -0.25) is 4.79 Å². The first kappa shape index (κ1) is 8.55. The van der Waals surface area contributed by atoms with Crippen LogP contribution in [0.1, 0.15) is 5.76 Å². The van der Waals surface area contributed by atoms with Crippen molar-refractivity contribution >= 4 is 12.0 Å². The highest BCUT2D eigenvalue weighted by Crippen LogP contribution is 2.01. The van der Waals surface area contributed by atoms with E-state index in [0.717, 1.165) is 0 Å². The zero-order valence-electron chi connectivity index (χ0n) is 6.36. The summed E-state index contributed by atoms with van der Waals surface area (Å²) < 4.78 is 4.93. The van der Waals surface area contributed by atoms with Crippen LogP contribution in [0, 0.1) is 0 Å². The summed E-state index contributed by atoms with van der Waals surface area (Å²) in [5.41, 5.74) is 0. The number of aliphatic hydroxyl groups is 1. The third-order valence-electron chi connectivity index (χ3n) is 1.20. The Kier molecular flexibility index (Phi) is 3.10. The van der Waals surface area contributed by atoms with Crippen LogP contribution in [0.25, 0.3) is 6.08 Å². The summed E-state index contributed by atoms with van der Waals surface area (Å²) in [4.78, 5) is 10.7. The monoisotopic (exact) mass is 167 g/mol. The highest BCUT2D eigenvalue weighted by molar-refractivity contribution is 5.91. The van der Waals surface area contributed by atoms with Crippen LogP contribution < -0.4 is 5.32 Å². The molecule has 1 aromatic rings. The summed E-state index contributed by atoms with van der Waals surface area (Å²) in [5.74, 6) is 0.247. The smallest absolute Gasteiger partial charge is 0.245 e. The van der Waals surface area contributed by atoms with Gasteiger partial charge in [-0.15, -0.1) is 0 Å². The van der Waals surface area contributed by atoms with E-state index in [9.17, 15) is 4.79 Å². The van der Waals surface area contributed by atoms with Crippen molar-refractivity contribution in [1.29, 1.82) is 0 Å². The predicted molar refractivity (Wildman–Crippen MR) is 43.0 cm³/mol. The fraction of sp³-hybridized carbons (Fsp3) is 0.125. The molecule has 12 heavy (non-hydrogen) atoms. The third-order valence-corrected chi connectivity index (χ3v) is 1.20. The lowest BCUT2D eigenvalue weighted by atomic mass is 10.4. The molecule has 0 aromatic carbocycles. The fourth-order valence-corrected chi connectivity index (χ4v) is 0.681. The Morgan fingerprint density at radius 1 is 1.75 bits per heavy atom. The number of amides is 1. The van der Waals surface area contributed by atoms with Gasteiger partial charge >= 0.3 is 0 Å². The topological polar surface area (TPSA) is 62.5 Å². The molecule has 0 saturated heterocycles. The molecule has 0 spiro atoms. The lowest BCUT2D eigenvalue weighted by Crippen LogP contribution is -2.21. The molecule has 64 valence electrons. The van der Waals surface area contributed by atoms with E-state index in [2.05, 4.69) is 5.32 Å². The van der Waals surface area contributed by atoms with Gasteiger partial charge in [-0.05, 0) is 18.2 Å². The van der Waals surface area contributed by atoms with Crippen LogP contribution >= 0.6 is 0 Å². The molecule has 0 saturated carbocycles. The largest absolute Gasteiger partial charge is 0.465 e. The number of rotatable bonds is 3. The van der Waals surface area contributed by atoms with Crippen molar-refractivity contribution in [3.05, 3.63) is 30.2 Å². The molecule has 1 aromatic heterocycles. The number of carbonyl (C=O) groups excluding carboxylic acids is 1. The molecule has 0 aliphatic heterocycles. The van der Waals surface area contributed by atoms with Gasteiger partial charge in [0.15, 0.2) is 0 Å². The molecule has 0 radical (unpaired) electrons. The summed E-state index contributed by atoms with van der Waals surface area (Å²) in [7, 11) is 0. The second-order valence-electron chi connectivity index (χ2n) is 2.05. The van der Waals surface area contributed by atoms with Crippen molar-refractivity contribution in [2.45, 2.75) is 0 Å². The summed E-state index contributed by atoms with van der Waals surface area (Å²) in [6.45, 7) is -0.360. The third kappa shape index (κ3) is 2.59. The van der Waals surface area contributed by atoms with Crippen molar-refractivity contribution in [1.82, 2.24) is 5.32 Å². The van der Waals surface area contributed by atoms with E-state index in [1.165, 1.54) is 18.4 Å². The molecule has 1 heterocycles. The standard InChI is InChI=1S/C8H9NO3/c10-6-9-8(11)4-3-7-2-1-5-12-7/h1-5,10H,6H2,(H,9,11)/b4-3+. The zero-order chi connectivity index (χ0) is 8.81. The molecular weight excluding hydrogens is 158 g/mol. The number of nitrogens with one attached hydrogen (secondary N) is 1. The first-order chi connectivity index (χ1) is 5.83. The van der Waals surface area contributed by atoms with Crippen LogP contribution in [-0.4, -0.2) is 17.7 Å². The van der Waals surface area contributed by atoms with Gasteiger partial charge in [0.1, 0.15) is 12.5 Å². The Labute approximate surface area is 69.5 Å². The van der Waals surface area contributed by atoms with Gasteiger partial charge in [0.2, 0.25) is 5.91 Å². The van der Waals surface area contributed by atoms with Crippen LogP contribution in [-0.2, 0) is 4.79 Å². The Morgan fingerprint density at radius 3 is 3.17 bits per heavy atom. The Bertz CT molecular complexity index is 264. The molecule has 0 fully saturated rings. The van der Waals surface area contributed by atoms with Gasteiger partial charge < -0.3 is 14.8 Å². The molecule has 0 aliphatic carbocycles. The van der Waals surface area contributed by atoms with Gasteiger partial charge in [0.25, 0.3) is 0 Å². The average Bonchev–Trinajstić information content (AvgIpc) is 2.53. The van der Waals surface area contributed by atoms with Gasteiger partial charge in [-0.25, -0.2) is 0 Å². The zero-order valence-corrected chi connectivity index (χ0v) is 6.36. The molecule has 0 atom stereocenters. The summed E-state index contributed by atoms with van der Waals surface area (Å²) in [6, 6.07) is 3.45. The number of hydrogen-bond donors (Lipinski definition) is 2. The lowest BCUT2D eigenvalue weighted by molar-refractivity contribution is -0.117. The Balaban J connectivity index is 2.45. The molecule has 4 nitrogen and oxygen atoms in total. The quantitative estimate of drug-likeness (QED) is 0.504. The van der Waals surface area contributed by atoms with Gasteiger partial charge in [0, 0.05) is 6.08 Å². The Hall–Kier alpha value is -1.55. The van der Waals surface area contributed by atoms with Crippen LogP contribution in [0.2, 0.25) is 0 Å². The molecule has 2 N–H and O–H groups in total. The minimum atomic E-state index is -0.360. The molecular formula is C8H9NO3. The number of carbonyl (C=O) groups is 1. The van der Waals surface area contributed by atoms with E-state index in [0.29, 0.717) is 5.76 Å². The molecule has 0 unspecified atom stereocenters. The molecule has 4 heteroatoms. The van der Waals surface area contributed by atoms with Gasteiger partial charge in [-0.1, -0.05) is 0 Å². The minimum Gasteiger partial charge on any atom is -0.465 e.